The maximum atomic E-state index is 13.1. The predicted molar refractivity (Wildman–Crippen MR) is 114 cm³/mol. The molecule has 1 fully saturated rings. The van der Waals surface area contributed by atoms with Crippen molar-refractivity contribution < 1.29 is 13.2 Å². The van der Waals surface area contributed by atoms with Crippen molar-refractivity contribution in [1.82, 2.24) is 9.29 Å². The van der Waals surface area contributed by atoms with E-state index in [9.17, 15) is 13.2 Å². The Kier molecular flexibility index (Phi) is 5.61. The van der Waals surface area contributed by atoms with Gasteiger partial charge in [-0.25, -0.2) is 13.4 Å². The Morgan fingerprint density at radius 2 is 1.76 bits per heavy atom. The molecule has 0 spiro atoms. The van der Waals surface area contributed by atoms with Gasteiger partial charge in [-0.3, -0.25) is 10.1 Å². The molecule has 1 amide bonds. The number of hydrogen-bond donors (Lipinski definition) is 1. The smallest absolute Gasteiger partial charge is 0.257 e. The summed E-state index contributed by atoms with van der Waals surface area (Å²) in [6.07, 6.45) is 1.59. The van der Waals surface area contributed by atoms with Crippen LogP contribution >= 0.6 is 11.3 Å². The molecule has 9 heteroatoms. The van der Waals surface area contributed by atoms with Gasteiger partial charge in [-0.2, -0.15) is 4.31 Å². The largest absolute Gasteiger partial charge is 0.369 e. The summed E-state index contributed by atoms with van der Waals surface area (Å²) in [5.74, 6) is -0.383. The second-order valence-electron chi connectivity index (χ2n) is 6.55. The first-order valence-corrected chi connectivity index (χ1v) is 11.5. The molecule has 0 aliphatic carbocycles. The molecular formula is C20H20N4O3S2. The Morgan fingerprint density at radius 3 is 2.45 bits per heavy atom. The van der Waals surface area contributed by atoms with Gasteiger partial charge in [-0.05, 0) is 30.3 Å². The average molecular weight is 429 g/mol. The average Bonchev–Trinajstić information content (AvgIpc) is 3.27. The fourth-order valence-electron chi connectivity index (χ4n) is 3.23. The van der Waals surface area contributed by atoms with Crippen LogP contribution in [0.5, 0.6) is 0 Å². The zero-order valence-corrected chi connectivity index (χ0v) is 17.2. The normalized spacial score (nSPS) is 15.2. The molecule has 29 heavy (non-hydrogen) atoms. The number of thiazole rings is 1. The highest BCUT2D eigenvalue weighted by Crippen LogP contribution is 2.22. The Bertz CT molecular complexity index is 1080. The summed E-state index contributed by atoms with van der Waals surface area (Å²) < 4.78 is 27.7. The van der Waals surface area contributed by atoms with Gasteiger partial charge in [-0.1, -0.05) is 24.3 Å². The van der Waals surface area contributed by atoms with Gasteiger partial charge in [-0.15, -0.1) is 11.3 Å². The van der Waals surface area contributed by atoms with Gasteiger partial charge in [0.2, 0.25) is 10.0 Å². The van der Waals surface area contributed by atoms with E-state index in [0.717, 1.165) is 5.69 Å². The van der Waals surface area contributed by atoms with Crippen molar-refractivity contribution in [1.29, 1.82) is 0 Å². The lowest BCUT2D eigenvalue weighted by molar-refractivity contribution is 0.102. The van der Waals surface area contributed by atoms with E-state index in [4.69, 9.17) is 0 Å². The summed E-state index contributed by atoms with van der Waals surface area (Å²) in [6, 6.07) is 16.1. The lowest BCUT2D eigenvalue weighted by Crippen LogP contribution is -2.48. The number of hydrogen-bond acceptors (Lipinski definition) is 6. The highest BCUT2D eigenvalue weighted by molar-refractivity contribution is 7.89. The van der Waals surface area contributed by atoms with Crippen LogP contribution in [-0.2, 0) is 10.0 Å². The van der Waals surface area contributed by atoms with Crippen molar-refractivity contribution >= 4 is 38.1 Å². The zero-order chi connectivity index (χ0) is 20.3. The summed E-state index contributed by atoms with van der Waals surface area (Å²) >= 11 is 1.30. The summed E-state index contributed by atoms with van der Waals surface area (Å²) in [4.78, 5) is 18.7. The van der Waals surface area contributed by atoms with E-state index in [0.29, 0.717) is 31.3 Å². The van der Waals surface area contributed by atoms with Crippen LogP contribution in [0.1, 0.15) is 10.4 Å². The first kappa shape index (κ1) is 19.6. The molecule has 0 atom stereocenters. The number of rotatable bonds is 5. The van der Waals surface area contributed by atoms with Crippen LogP contribution in [0.4, 0.5) is 10.8 Å². The predicted octanol–water partition coefficient (Wildman–Crippen LogP) is 2.91. The minimum absolute atomic E-state index is 0.123. The molecule has 1 N–H and O–H groups in total. The third-order valence-electron chi connectivity index (χ3n) is 4.75. The third kappa shape index (κ3) is 4.31. The Hall–Kier alpha value is -2.75. The molecule has 4 rings (SSSR count). The highest BCUT2D eigenvalue weighted by atomic mass is 32.2. The third-order valence-corrected chi connectivity index (χ3v) is 7.33. The van der Waals surface area contributed by atoms with Crippen LogP contribution in [0.25, 0.3) is 0 Å². The van der Waals surface area contributed by atoms with Gasteiger partial charge < -0.3 is 4.90 Å². The maximum Gasteiger partial charge on any atom is 0.257 e. The van der Waals surface area contributed by atoms with Crippen molar-refractivity contribution in [3.63, 3.8) is 0 Å². The minimum atomic E-state index is -3.67. The number of anilines is 2. The van der Waals surface area contributed by atoms with Crippen molar-refractivity contribution in [2.45, 2.75) is 4.90 Å². The fourth-order valence-corrected chi connectivity index (χ4v) is 5.22. The number of para-hydroxylation sites is 1. The van der Waals surface area contributed by atoms with Crippen molar-refractivity contribution in [3.05, 3.63) is 71.7 Å². The van der Waals surface area contributed by atoms with E-state index >= 15 is 0 Å². The van der Waals surface area contributed by atoms with Crippen molar-refractivity contribution in [2.24, 2.45) is 0 Å². The van der Waals surface area contributed by atoms with E-state index in [1.807, 2.05) is 30.3 Å². The van der Waals surface area contributed by atoms with E-state index < -0.39 is 10.0 Å². The lowest BCUT2D eigenvalue weighted by atomic mass is 10.2. The molecule has 0 saturated carbocycles. The van der Waals surface area contributed by atoms with Crippen LogP contribution < -0.4 is 10.2 Å². The molecule has 0 unspecified atom stereocenters. The Labute approximate surface area is 173 Å². The lowest BCUT2D eigenvalue weighted by Gasteiger charge is -2.35. The van der Waals surface area contributed by atoms with Crippen LogP contribution in [0.2, 0.25) is 0 Å². The Morgan fingerprint density at radius 1 is 1.00 bits per heavy atom. The first-order chi connectivity index (χ1) is 14.0. The fraction of sp³-hybridized carbons (Fsp3) is 0.200. The molecule has 0 bridgehead atoms. The molecule has 1 aromatic heterocycles. The second kappa shape index (κ2) is 8.32. The van der Waals surface area contributed by atoms with Gasteiger partial charge in [0.15, 0.2) is 5.13 Å². The molecule has 7 nitrogen and oxygen atoms in total. The van der Waals surface area contributed by atoms with Gasteiger partial charge in [0, 0.05) is 49.0 Å². The number of piperazine rings is 1. The summed E-state index contributed by atoms with van der Waals surface area (Å²) in [7, 11) is -3.67. The van der Waals surface area contributed by atoms with Crippen LogP contribution in [0, 0.1) is 0 Å². The molecule has 2 aromatic carbocycles. The number of sulfonamides is 1. The first-order valence-electron chi connectivity index (χ1n) is 9.15. The zero-order valence-electron chi connectivity index (χ0n) is 15.6. The quantitative estimate of drug-likeness (QED) is 0.676. The van der Waals surface area contributed by atoms with Crippen molar-refractivity contribution in [2.75, 3.05) is 36.4 Å². The summed E-state index contributed by atoms with van der Waals surface area (Å²) in [6.45, 7) is 2.03. The Balaban J connectivity index is 1.47. The summed E-state index contributed by atoms with van der Waals surface area (Å²) in [5, 5.41) is 4.90. The van der Waals surface area contributed by atoms with Gasteiger partial charge in [0.1, 0.15) is 0 Å². The number of benzene rings is 2. The molecule has 1 aliphatic rings. The topological polar surface area (TPSA) is 82.6 Å². The monoisotopic (exact) mass is 428 g/mol. The van der Waals surface area contributed by atoms with Gasteiger partial charge in [0.05, 0.1) is 4.90 Å². The van der Waals surface area contributed by atoms with Crippen molar-refractivity contribution in [3.8, 4) is 0 Å². The molecule has 0 radical (unpaired) electrons. The summed E-state index contributed by atoms with van der Waals surface area (Å²) in [5.41, 5.74) is 1.37. The SMILES string of the molecule is O=C(Nc1nccs1)c1cccc(S(=O)(=O)N2CCN(c3ccccc3)CC2)c1. The van der Waals surface area contributed by atoms with Crippen LogP contribution in [0.3, 0.4) is 0 Å². The number of amides is 1. The van der Waals surface area contributed by atoms with E-state index in [1.165, 1.54) is 27.8 Å². The molecular weight excluding hydrogens is 408 g/mol. The molecule has 2 heterocycles. The van der Waals surface area contributed by atoms with E-state index in [-0.39, 0.29) is 16.4 Å². The number of nitrogens with one attached hydrogen (secondary N) is 1. The number of nitrogens with zero attached hydrogens (tertiary/aromatic N) is 3. The van der Waals surface area contributed by atoms with E-state index in [2.05, 4.69) is 15.2 Å². The van der Waals surface area contributed by atoms with E-state index in [1.54, 1.807) is 23.7 Å². The maximum absolute atomic E-state index is 13.1. The highest BCUT2D eigenvalue weighted by Gasteiger charge is 2.29. The second-order valence-corrected chi connectivity index (χ2v) is 9.38. The molecule has 1 aliphatic heterocycles. The standard InChI is InChI=1S/C20H20N4O3S2/c25-19(22-20-21-9-14-28-20)16-5-4-8-18(15-16)29(26,27)24-12-10-23(11-13-24)17-6-2-1-3-7-17/h1-9,14-15H,10-13H2,(H,21,22,25). The number of aromatic nitrogens is 1. The molecule has 150 valence electrons. The number of carbonyl (C=O) groups is 1. The van der Waals surface area contributed by atoms with Crippen LogP contribution in [0.15, 0.2) is 71.1 Å². The molecule has 1 saturated heterocycles. The van der Waals surface area contributed by atoms with Crippen LogP contribution in [-0.4, -0.2) is 49.8 Å². The number of carbonyl (C=O) groups excluding carboxylic acids is 1. The minimum Gasteiger partial charge on any atom is -0.369 e. The van der Waals surface area contributed by atoms with Gasteiger partial charge in [0.25, 0.3) is 5.91 Å². The molecule has 3 aromatic rings. The van der Waals surface area contributed by atoms with Gasteiger partial charge >= 0.3 is 0 Å².